The zero-order valence-electron chi connectivity index (χ0n) is 13.6. The van der Waals surface area contributed by atoms with Gasteiger partial charge >= 0.3 is 0 Å². The Morgan fingerprint density at radius 1 is 0.920 bits per heavy atom. The summed E-state index contributed by atoms with van der Waals surface area (Å²) in [4.78, 5) is 13.7. The van der Waals surface area contributed by atoms with Gasteiger partial charge < -0.3 is 5.73 Å². The SMILES string of the molecule is Nc1ccccc1SC(CC(=O)c1ccc(Cl)cc1)c1ccccc1. The zero-order valence-corrected chi connectivity index (χ0v) is 15.1. The molecule has 2 N–H and O–H groups in total. The Morgan fingerprint density at radius 3 is 2.24 bits per heavy atom. The van der Waals surface area contributed by atoms with Crippen LogP contribution in [0.5, 0.6) is 0 Å². The van der Waals surface area contributed by atoms with Crippen molar-refractivity contribution in [3.63, 3.8) is 0 Å². The van der Waals surface area contributed by atoms with Crippen LogP contribution in [0, 0.1) is 0 Å². The Hall–Kier alpha value is -2.23. The lowest BCUT2D eigenvalue weighted by atomic mass is 10.0. The molecule has 126 valence electrons. The van der Waals surface area contributed by atoms with E-state index in [0.717, 1.165) is 16.1 Å². The highest BCUT2D eigenvalue weighted by molar-refractivity contribution is 7.99. The second-order valence-corrected chi connectivity index (χ2v) is 7.37. The summed E-state index contributed by atoms with van der Waals surface area (Å²) in [6.07, 6.45) is 0.393. The number of hydrogen-bond donors (Lipinski definition) is 1. The summed E-state index contributed by atoms with van der Waals surface area (Å²) in [7, 11) is 0. The minimum atomic E-state index is -0.00548. The van der Waals surface area contributed by atoms with Crippen molar-refractivity contribution < 1.29 is 4.79 Å². The fourth-order valence-corrected chi connectivity index (χ4v) is 3.88. The number of thioether (sulfide) groups is 1. The van der Waals surface area contributed by atoms with Gasteiger partial charge in [0.15, 0.2) is 5.78 Å². The molecule has 1 unspecified atom stereocenters. The van der Waals surface area contributed by atoms with Crippen molar-refractivity contribution >= 4 is 34.8 Å². The van der Waals surface area contributed by atoms with Gasteiger partial charge in [0, 0.05) is 32.8 Å². The molecule has 4 heteroatoms. The van der Waals surface area contributed by atoms with Gasteiger partial charge in [-0.05, 0) is 42.0 Å². The maximum atomic E-state index is 12.7. The van der Waals surface area contributed by atoms with Crippen LogP contribution in [0.2, 0.25) is 5.02 Å². The van der Waals surface area contributed by atoms with E-state index in [2.05, 4.69) is 0 Å². The van der Waals surface area contributed by atoms with Crippen LogP contribution in [0.25, 0.3) is 0 Å². The number of benzene rings is 3. The van der Waals surface area contributed by atoms with E-state index < -0.39 is 0 Å². The molecule has 3 rings (SSSR count). The first-order valence-electron chi connectivity index (χ1n) is 7.98. The molecule has 1 atom stereocenters. The molecule has 0 heterocycles. The minimum Gasteiger partial charge on any atom is -0.398 e. The van der Waals surface area contributed by atoms with Crippen LogP contribution in [0.15, 0.2) is 83.8 Å². The molecule has 0 saturated carbocycles. The number of Topliss-reactive ketones (excluding diaryl/α,β-unsaturated/α-hetero) is 1. The Kier molecular flexibility index (Phi) is 5.79. The molecule has 0 bridgehead atoms. The van der Waals surface area contributed by atoms with Crippen molar-refractivity contribution in [1.29, 1.82) is 0 Å². The van der Waals surface area contributed by atoms with E-state index in [-0.39, 0.29) is 11.0 Å². The molecular formula is C21H18ClNOS. The number of rotatable bonds is 6. The monoisotopic (exact) mass is 367 g/mol. The van der Waals surface area contributed by atoms with Crippen molar-refractivity contribution in [3.05, 3.63) is 95.0 Å². The molecule has 2 nitrogen and oxygen atoms in total. The molecule has 0 radical (unpaired) electrons. The maximum absolute atomic E-state index is 12.7. The van der Waals surface area contributed by atoms with Crippen molar-refractivity contribution in [1.82, 2.24) is 0 Å². The lowest BCUT2D eigenvalue weighted by Gasteiger charge is -2.17. The molecule has 0 aromatic heterocycles. The largest absolute Gasteiger partial charge is 0.398 e. The first-order chi connectivity index (χ1) is 12.1. The topological polar surface area (TPSA) is 43.1 Å². The highest BCUT2D eigenvalue weighted by atomic mass is 35.5. The fourth-order valence-electron chi connectivity index (χ4n) is 2.56. The molecule has 3 aromatic carbocycles. The van der Waals surface area contributed by atoms with Gasteiger partial charge in [-0.2, -0.15) is 0 Å². The van der Waals surface area contributed by atoms with Crippen molar-refractivity contribution in [2.45, 2.75) is 16.6 Å². The molecule has 3 aromatic rings. The quantitative estimate of drug-likeness (QED) is 0.328. The van der Waals surface area contributed by atoms with Gasteiger partial charge in [-0.1, -0.05) is 54.1 Å². The molecule has 0 aliphatic rings. The molecule has 0 fully saturated rings. The third kappa shape index (κ3) is 4.65. The summed E-state index contributed by atoms with van der Waals surface area (Å²) in [5.41, 5.74) is 8.60. The van der Waals surface area contributed by atoms with E-state index >= 15 is 0 Å². The number of hydrogen-bond acceptors (Lipinski definition) is 3. The minimum absolute atomic E-state index is 0.00548. The number of ketones is 1. The number of anilines is 1. The van der Waals surface area contributed by atoms with E-state index in [4.69, 9.17) is 17.3 Å². The molecule has 25 heavy (non-hydrogen) atoms. The fraction of sp³-hybridized carbons (Fsp3) is 0.0952. The van der Waals surface area contributed by atoms with Gasteiger partial charge in [0.25, 0.3) is 0 Å². The highest BCUT2D eigenvalue weighted by Crippen LogP contribution is 2.40. The van der Waals surface area contributed by atoms with Crippen LogP contribution in [0.4, 0.5) is 5.69 Å². The van der Waals surface area contributed by atoms with Gasteiger partial charge in [0.2, 0.25) is 0 Å². The number of para-hydroxylation sites is 1. The summed E-state index contributed by atoms with van der Waals surface area (Å²) >= 11 is 7.54. The second kappa shape index (κ2) is 8.24. The first-order valence-corrected chi connectivity index (χ1v) is 9.24. The van der Waals surface area contributed by atoms with Crippen LogP contribution in [0.3, 0.4) is 0 Å². The maximum Gasteiger partial charge on any atom is 0.164 e. The third-order valence-corrected chi connectivity index (χ3v) is 5.50. The first kappa shape index (κ1) is 17.6. The predicted octanol–water partition coefficient (Wildman–Crippen LogP) is 6.03. The summed E-state index contributed by atoms with van der Waals surface area (Å²) in [6.45, 7) is 0. The summed E-state index contributed by atoms with van der Waals surface area (Å²) in [5, 5.41) is 0.622. The normalized spacial score (nSPS) is 11.9. The molecule has 0 aliphatic carbocycles. The standard InChI is InChI=1S/C21H18ClNOS/c22-17-12-10-15(11-13-17)19(24)14-21(16-6-2-1-3-7-16)25-20-9-5-4-8-18(20)23/h1-13,21H,14,23H2. The van der Waals surface area contributed by atoms with Gasteiger partial charge in [0.1, 0.15) is 0 Å². The van der Waals surface area contributed by atoms with E-state index in [0.29, 0.717) is 17.0 Å². The Labute approximate surface area is 157 Å². The zero-order chi connectivity index (χ0) is 17.6. The van der Waals surface area contributed by atoms with Gasteiger partial charge in [0.05, 0.1) is 0 Å². The smallest absolute Gasteiger partial charge is 0.164 e. The number of nitrogens with two attached hydrogens (primary N) is 1. The lowest BCUT2D eigenvalue weighted by molar-refractivity contribution is 0.0982. The number of halogens is 1. The molecule has 0 aliphatic heterocycles. The molecular weight excluding hydrogens is 350 g/mol. The van der Waals surface area contributed by atoms with Crippen molar-refractivity contribution in [3.8, 4) is 0 Å². The number of carbonyl (C=O) groups excluding carboxylic acids is 1. The number of nitrogen functional groups attached to an aromatic ring is 1. The van der Waals surface area contributed by atoms with Crippen LogP contribution in [0.1, 0.15) is 27.6 Å². The summed E-state index contributed by atoms with van der Waals surface area (Å²) in [6, 6.07) is 24.8. The van der Waals surface area contributed by atoms with Crippen LogP contribution in [-0.2, 0) is 0 Å². The highest BCUT2D eigenvalue weighted by Gasteiger charge is 2.19. The average molecular weight is 368 g/mol. The van der Waals surface area contributed by atoms with E-state index in [1.165, 1.54) is 0 Å². The Bertz CT molecular complexity index is 849. The summed E-state index contributed by atoms with van der Waals surface area (Å²) in [5.74, 6) is 0.0903. The molecule has 0 spiro atoms. The number of carbonyl (C=O) groups is 1. The van der Waals surface area contributed by atoms with Gasteiger partial charge in [-0.3, -0.25) is 4.79 Å². The van der Waals surface area contributed by atoms with Crippen LogP contribution in [-0.4, -0.2) is 5.78 Å². The lowest BCUT2D eigenvalue weighted by Crippen LogP contribution is -2.06. The van der Waals surface area contributed by atoms with E-state index in [1.807, 2.05) is 54.6 Å². The molecule has 0 amide bonds. The van der Waals surface area contributed by atoms with Crippen molar-refractivity contribution in [2.75, 3.05) is 5.73 Å². The second-order valence-electron chi connectivity index (χ2n) is 5.69. The molecule has 0 saturated heterocycles. The summed E-state index contributed by atoms with van der Waals surface area (Å²) < 4.78 is 0. The van der Waals surface area contributed by atoms with Crippen LogP contribution >= 0.6 is 23.4 Å². The van der Waals surface area contributed by atoms with Crippen LogP contribution < -0.4 is 5.73 Å². The Balaban J connectivity index is 1.85. The Morgan fingerprint density at radius 2 is 1.56 bits per heavy atom. The van der Waals surface area contributed by atoms with E-state index in [9.17, 15) is 4.79 Å². The van der Waals surface area contributed by atoms with Gasteiger partial charge in [-0.25, -0.2) is 0 Å². The average Bonchev–Trinajstić information content (AvgIpc) is 2.64. The van der Waals surface area contributed by atoms with Gasteiger partial charge in [-0.15, -0.1) is 11.8 Å². The van der Waals surface area contributed by atoms with E-state index in [1.54, 1.807) is 36.0 Å². The van der Waals surface area contributed by atoms with Crippen molar-refractivity contribution in [2.24, 2.45) is 0 Å². The predicted molar refractivity (Wildman–Crippen MR) is 106 cm³/mol. The third-order valence-electron chi connectivity index (χ3n) is 3.90.